The van der Waals surface area contributed by atoms with Gasteiger partial charge in [-0.3, -0.25) is 0 Å². The summed E-state index contributed by atoms with van der Waals surface area (Å²) in [4.78, 5) is 0. The van der Waals surface area contributed by atoms with Gasteiger partial charge in [-0.15, -0.1) is 0 Å². The van der Waals surface area contributed by atoms with Gasteiger partial charge >= 0.3 is 0 Å². The lowest BCUT2D eigenvalue weighted by Gasteiger charge is -2.24. The van der Waals surface area contributed by atoms with Gasteiger partial charge < -0.3 is 10.6 Å². The van der Waals surface area contributed by atoms with Gasteiger partial charge in [-0.2, -0.15) is 0 Å². The fourth-order valence-electron chi connectivity index (χ4n) is 2.73. The molecule has 2 heteroatoms. The molecule has 1 saturated heterocycles. The molecule has 0 bridgehead atoms. The lowest BCUT2D eigenvalue weighted by molar-refractivity contribution is 0.386. The summed E-state index contributed by atoms with van der Waals surface area (Å²) in [5.41, 5.74) is 4.15. The zero-order chi connectivity index (χ0) is 13.8. The van der Waals surface area contributed by atoms with Gasteiger partial charge in [0.15, 0.2) is 0 Å². The van der Waals surface area contributed by atoms with Crippen LogP contribution in [0.3, 0.4) is 0 Å². The van der Waals surface area contributed by atoms with Crippen molar-refractivity contribution in [3.8, 4) is 11.1 Å². The molecule has 0 aromatic heterocycles. The molecule has 2 aromatic carbocycles. The Bertz CT molecular complexity index is 539. The molecule has 1 fully saturated rings. The normalized spacial score (nSPS) is 22.1. The minimum absolute atomic E-state index is 0.248. The summed E-state index contributed by atoms with van der Waals surface area (Å²) in [6, 6.07) is 19.4. The molecule has 0 radical (unpaired) electrons. The van der Waals surface area contributed by atoms with Gasteiger partial charge in [0, 0.05) is 18.6 Å². The second kappa shape index (κ2) is 5.78. The van der Waals surface area contributed by atoms with Crippen LogP contribution in [-0.2, 0) is 6.54 Å². The van der Waals surface area contributed by atoms with Crippen LogP contribution in [0.25, 0.3) is 11.1 Å². The van der Waals surface area contributed by atoms with Crippen LogP contribution >= 0.6 is 0 Å². The highest BCUT2D eigenvalue weighted by atomic mass is 15.1. The van der Waals surface area contributed by atoms with Gasteiger partial charge in [0.25, 0.3) is 0 Å². The maximum absolute atomic E-state index is 3.67. The molecule has 0 saturated carbocycles. The van der Waals surface area contributed by atoms with Crippen molar-refractivity contribution in [3.05, 3.63) is 60.2 Å². The Morgan fingerprint density at radius 1 is 1.00 bits per heavy atom. The standard InChI is InChI=1S/C18H22N2/c1-18(11-12-19-14-18)20-13-15-7-9-17(10-8-15)16-5-3-2-4-6-16/h2-10,19-20H,11-14H2,1H3. The molecule has 1 atom stereocenters. The van der Waals surface area contributed by atoms with E-state index in [1.54, 1.807) is 0 Å². The van der Waals surface area contributed by atoms with E-state index >= 15 is 0 Å². The summed E-state index contributed by atoms with van der Waals surface area (Å²) in [5, 5.41) is 7.09. The van der Waals surface area contributed by atoms with Gasteiger partial charge in [-0.25, -0.2) is 0 Å². The number of hydrogen-bond acceptors (Lipinski definition) is 2. The summed E-state index contributed by atoms with van der Waals surface area (Å²) < 4.78 is 0. The predicted molar refractivity (Wildman–Crippen MR) is 84.6 cm³/mol. The van der Waals surface area contributed by atoms with Crippen LogP contribution in [0.1, 0.15) is 18.9 Å². The highest BCUT2D eigenvalue weighted by Gasteiger charge is 2.27. The van der Waals surface area contributed by atoms with Gasteiger partial charge in [-0.1, -0.05) is 54.6 Å². The third-order valence-corrected chi connectivity index (χ3v) is 4.15. The van der Waals surface area contributed by atoms with E-state index in [0.29, 0.717) is 0 Å². The molecule has 20 heavy (non-hydrogen) atoms. The Morgan fingerprint density at radius 3 is 2.35 bits per heavy atom. The average molecular weight is 266 g/mol. The highest BCUT2D eigenvalue weighted by Crippen LogP contribution is 2.20. The van der Waals surface area contributed by atoms with Crippen LogP contribution in [0.4, 0.5) is 0 Å². The van der Waals surface area contributed by atoms with Crippen molar-refractivity contribution in [1.82, 2.24) is 10.6 Å². The van der Waals surface area contributed by atoms with Crippen LogP contribution in [0, 0.1) is 0 Å². The average Bonchev–Trinajstić information content (AvgIpc) is 2.94. The van der Waals surface area contributed by atoms with Crippen molar-refractivity contribution in [2.45, 2.75) is 25.4 Å². The largest absolute Gasteiger partial charge is 0.315 e. The molecule has 2 nitrogen and oxygen atoms in total. The zero-order valence-corrected chi connectivity index (χ0v) is 12.0. The maximum Gasteiger partial charge on any atom is 0.0293 e. The first kappa shape index (κ1) is 13.3. The first-order chi connectivity index (χ1) is 9.75. The van der Waals surface area contributed by atoms with E-state index in [-0.39, 0.29) is 5.54 Å². The lowest BCUT2D eigenvalue weighted by Crippen LogP contribution is -2.43. The minimum Gasteiger partial charge on any atom is -0.315 e. The molecule has 1 aliphatic heterocycles. The first-order valence-electron chi connectivity index (χ1n) is 7.35. The van der Waals surface area contributed by atoms with E-state index in [1.807, 2.05) is 0 Å². The molecule has 0 amide bonds. The molecule has 3 rings (SSSR count). The fraction of sp³-hybridized carbons (Fsp3) is 0.333. The van der Waals surface area contributed by atoms with Crippen molar-refractivity contribution >= 4 is 0 Å². The fourth-order valence-corrected chi connectivity index (χ4v) is 2.73. The van der Waals surface area contributed by atoms with Crippen LogP contribution in [0.2, 0.25) is 0 Å². The number of nitrogens with one attached hydrogen (secondary N) is 2. The van der Waals surface area contributed by atoms with Crippen LogP contribution < -0.4 is 10.6 Å². The second-order valence-corrected chi connectivity index (χ2v) is 5.90. The summed E-state index contributed by atoms with van der Waals surface area (Å²) in [5.74, 6) is 0. The van der Waals surface area contributed by atoms with Crippen molar-refractivity contribution in [2.24, 2.45) is 0 Å². The molecule has 0 aliphatic carbocycles. The summed E-state index contributed by atoms with van der Waals surface area (Å²) >= 11 is 0. The smallest absolute Gasteiger partial charge is 0.0293 e. The molecule has 2 N–H and O–H groups in total. The maximum atomic E-state index is 3.67. The topological polar surface area (TPSA) is 24.1 Å². The van der Waals surface area contributed by atoms with Crippen molar-refractivity contribution in [3.63, 3.8) is 0 Å². The van der Waals surface area contributed by atoms with Crippen LogP contribution in [0.15, 0.2) is 54.6 Å². The summed E-state index contributed by atoms with van der Waals surface area (Å²) in [6.07, 6.45) is 1.20. The Kier molecular flexibility index (Phi) is 3.86. The van der Waals surface area contributed by atoms with E-state index in [2.05, 4.69) is 72.2 Å². The Labute approximate surface area is 121 Å². The molecule has 2 aromatic rings. The molecule has 0 spiro atoms. The lowest BCUT2D eigenvalue weighted by atomic mass is 10.0. The number of benzene rings is 2. The molecule has 1 unspecified atom stereocenters. The van der Waals surface area contributed by atoms with Gasteiger partial charge in [0.1, 0.15) is 0 Å². The van der Waals surface area contributed by atoms with Crippen molar-refractivity contribution < 1.29 is 0 Å². The van der Waals surface area contributed by atoms with E-state index in [4.69, 9.17) is 0 Å². The molecular weight excluding hydrogens is 244 g/mol. The Hall–Kier alpha value is -1.64. The Balaban J connectivity index is 1.64. The summed E-state index contributed by atoms with van der Waals surface area (Å²) in [6.45, 7) is 5.42. The van der Waals surface area contributed by atoms with E-state index in [1.165, 1.54) is 23.1 Å². The zero-order valence-electron chi connectivity index (χ0n) is 12.0. The number of rotatable bonds is 4. The predicted octanol–water partition coefficient (Wildman–Crippen LogP) is 3.20. The third kappa shape index (κ3) is 3.09. The third-order valence-electron chi connectivity index (χ3n) is 4.15. The molecule has 104 valence electrons. The van der Waals surface area contributed by atoms with Crippen LogP contribution in [-0.4, -0.2) is 18.6 Å². The SMILES string of the molecule is CC1(NCc2ccc(-c3ccccc3)cc2)CCNC1. The molecule has 1 aliphatic rings. The minimum atomic E-state index is 0.248. The monoisotopic (exact) mass is 266 g/mol. The van der Waals surface area contributed by atoms with Gasteiger partial charge in [-0.05, 0) is 36.6 Å². The van der Waals surface area contributed by atoms with Crippen molar-refractivity contribution in [1.29, 1.82) is 0 Å². The number of hydrogen-bond donors (Lipinski definition) is 2. The quantitative estimate of drug-likeness (QED) is 0.888. The van der Waals surface area contributed by atoms with E-state index in [9.17, 15) is 0 Å². The molecule has 1 heterocycles. The van der Waals surface area contributed by atoms with Gasteiger partial charge in [0.05, 0.1) is 0 Å². The van der Waals surface area contributed by atoms with Crippen LogP contribution in [0.5, 0.6) is 0 Å². The van der Waals surface area contributed by atoms with E-state index < -0.39 is 0 Å². The summed E-state index contributed by atoms with van der Waals surface area (Å²) in [7, 11) is 0. The molecular formula is C18H22N2. The second-order valence-electron chi connectivity index (χ2n) is 5.90. The van der Waals surface area contributed by atoms with E-state index in [0.717, 1.165) is 19.6 Å². The highest BCUT2D eigenvalue weighted by molar-refractivity contribution is 5.63. The first-order valence-corrected chi connectivity index (χ1v) is 7.35. The van der Waals surface area contributed by atoms with Crippen molar-refractivity contribution in [2.75, 3.05) is 13.1 Å². The Morgan fingerprint density at radius 2 is 1.70 bits per heavy atom. The van der Waals surface area contributed by atoms with Gasteiger partial charge in [0.2, 0.25) is 0 Å².